The number of benzene rings is 1. The van der Waals surface area contributed by atoms with E-state index in [1.165, 1.54) is 0 Å². The number of carbonyl (C=O) groups excluding carboxylic acids is 1. The lowest BCUT2D eigenvalue weighted by molar-refractivity contribution is -0.138. The maximum Gasteiger partial charge on any atom is 0.417 e. The number of amides is 1. The minimum atomic E-state index is -4.68. The Hall–Kier alpha value is -2.63. The van der Waals surface area contributed by atoms with Crippen molar-refractivity contribution in [1.82, 2.24) is 10.3 Å². The molecule has 5 nitrogen and oxygen atoms in total. The highest BCUT2D eigenvalue weighted by atomic mass is 32.2. The smallest absolute Gasteiger partial charge is 0.348 e. The summed E-state index contributed by atoms with van der Waals surface area (Å²) in [6.07, 6.45) is -8.84. The fourth-order valence-corrected chi connectivity index (χ4v) is 4.85. The maximum absolute atomic E-state index is 12.8. The van der Waals surface area contributed by atoms with Gasteiger partial charge in [-0.15, -0.1) is 0 Å². The lowest BCUT2D eigenvalue weighted by Gasteiger charge is -2.35. The minimum Gasteiger partial charge on any atom is -0.348 e. The van der Waals surface area contributed by atoms with E-state index >= 15 is 0 Å². The third-order valence-corrected chi connectivity index (χ3v) is 6.86. The van der Waals surface area contributed by atoms with E-state index in [9.17, 15) is 39.6 Å². The third kappa shape index (κ3) is 4.58. The number of halogens is 6. The van der Waals surface area contributed by atoms with E-state index in [1.54, 1.807) is 0 Å². The second-order valence-corrected chi connectivity index (χ2v) is 8.99. The molecule has 1 fully saturated rings. The molecule has 0 atom stereocenters. The fraction of sp³-hybridized carbons (Fsp3) is 0.333. The summed E-state index contributed by atoms with van der Waals surface area (Å²) in [7, 11) is -4.03. The topological polar surface area (TPSA) is 76.1 Å². The Labute approximate surface area is 167 Å². The number of hydrogen-bond donors (Lipinski definition) is 1. The molecule has 162 valence electrons. The molecule has 1 heterocycles. The van der Waals surface area contributed by atoms with Crippen LogP contribution in [0.15, 0.2) is 47.5 Å². The summed E-state index contributed by atoms with van der Waals surface area (Å²) in [6, 6.07) is 4.41. The first-order chi connectivity index (χ1) is 13.8. The molecule has 1 aromatic carbocycles. The molecule has 0 unspecified atom stereocenters. The Kier molecular flexibility index (Phi) is 5.56. The largest absolute Gasteiger partial charge is 0.417 e. The fourth-order valence-electron chi connectivity index (χ4n) is 2.93. The zero-order chi connectivity index (χ0) is 22.3. The Balaban J connectivity index is 1.62. The van der Waals surface area contributed by atoms with Gasteiger partial charge in [-0.25, -0.2) is 8.42 Å². The molecule has 1 aromatic heterocycles. The molecule has 12 heteroatoms. The predicted molar refractivity (Wildman–Crippen MR) is 92.1 cm³/mol. The SMILES string of the molecule is O=C(N[C@H]1C[C@H](S(=O)(=O)c2cccc(C(F)(F)F)c2)C1)c1ccc(C(F)(F)F)cn1. The second kappa shape index (κ2) is 7.56. The van der Waals surface area contributed by atoms with Gasteiger partial charge in [0.25, 0.3) is 5.91 Å². The number of aromatic nitrogens is 1. The average Bonchev–Trinajstić information content (AvgIpc) is 2.62. The Bertz CT molecular complexity index is 1040. The van der Waals surface area contributed by atoms with Crippen LogP contribution in [-0.4, -0.2) is 30.6 Å². The van der Waals surface area contributed by atoms with E-state index in [0.29, 0.717) is 18.3 Å². The number of nitrogens with zero attached hydrogens (tertiary/aromatic N) is 1. The molecular formula is C18H14F6N2O3S. The van der Waals surface area contributed by atoms with Gasteiger partial charge >= 0.3 is 12.4 Å². The van der Waals surface area contributed by atoms with Crippen LogP contribution in [0.25, 0.3) is 0 Å². The predicted octanol–water partition coefficient (Wildman–Crippen LogP) is 3.85. The van der Waals surface area contributed by atoms with Crippen LogP contribution in [0, 0.1) is 0 Å². The van der Waals surface area contributed by atoms with Gasteiger partial charge in [-0.2, -0.15) is 26.3 Å². The molecule has 1 N–H and O–H groups in total. The molecule has 0 aliphatic heterocycles. The second-order valence-electron chi connectivity index (χ2n) is 6.76. The molecule has 0 saturated heterocycles. The van der Waals surface area contributed by atoms with Crippen LogP contribution in [0.2, 0.25) is 0 Å². The number of hydrogen-bond acceptors (Lipinski definition) is 4. The first-order valence-corrected chi connectivity index (χ1v) is 10.1. The van der Waals surface area contributed by atoms with Gasteiger partial charge in [0.2, 0.25) is 0 Å². The van der Waals surface area contributed by atoms with Crippen molar-refractivity contribution in [1.29, 1.82) is 0 Å². The Morgan fingerprint density at radius 2 is 1.60 bits per heavy atom. The first-order valence-electron chi connectivity index (χ1n) is 8.54. The normalized spacial score (nSPS) is 19.8. The van der Waals surface area contributed by atoms with Crippen molar-refractivity contribution < 1.29 is 39.6 Å². The molecule has 0 radical (unpaired) electrons. The van der Waals surface area contributed by atoms with Crippen LogP contribution < -0.4 is 5.32 Å². The van der Waals surface area contributed by atoms with Crippen molar-refractivity contribution in [3.8, 4) is 0 Å². The molecule has 0 spiro atoms. The molecule has 2 aromatic rings. The van der Waals surface area contributed by atoms with Crippen LogP contribution in [0.3, 0.4) is 0 Å². The standard InChI is InChI=1S/C18H14F6N2O3S/c19-17(20,21)10-2-1-3-13(6-10)30(28,29)14-7-12(8-14)26-16(27)15-5-4-11(9-25-15)18(22,23)24/h1-6,9,12,14H,7-8H2,(H,26,27)/t12-,14-. The molecule has 1 aliphatic carbocycles. The van der Waals surface area contributed by atoms with Crippen molar-refractivity contribution in [3.63, 3.8) is 0 Å². The van der Waals surface area contributed by atoms with Crippen LogP contribution in [-0.2, 0) is 22.2 Å². The highest BCUT2D eigenvalue weighted by molar-refractivity contribution is 7.92. The van der Waals surface area contributed by atoms with Crippen LogP contribution in [0.5, 0.6) is 0 Å². The molecule has 30 heavy (non-hydrogen) atoms. The van der Waals surface area contributed by atoms with Gasteiger partial charge in [-0.1, -0.05) is 6.07 Å². The summed E-state index contributed by atoms with van der Waals surface area (Å²) in [4.78, 5) is 15.0. The summed E-state index contributed by atoms with van der Waals surface area (Å²) in [6.45, 7) is 0. The van der Waals surface area contributed by atoms with E-state index in [2.05, 4.69) is 10.3 Å². The van der Waals surface area contributed by atoms with E-state index in [0.717, 1.165) is 24.3 Å². The van der Waals surface area contributed by atoms with E-state index in [-0.39, 0.29) is 18.5 Å². The Morgan fingerprint density at radius 1 is 0.967 bits per heavy atom. The van der Waals surface area contributed by atoms with Gasteiger partial charge in [0.15, 0.2) is 9.84 Å². The first kappa shape index (κ1) is 22.1. The van der Waals surface area contributed by atoms with Gasteiger partial charge in [0, 0.05) is 12.2 Å². The molecule has 3 rings (SSSR count). The summed E-state index contributed by atoms with van der Waals surface area (Å²) in [5.41, 5.74) is -2.37. The van der Waals surface area contributed by atoms with Gasteiger partial charge in [0.05, 0.1) is 21.3 Å². The molecular weight excluding hydrogens is 438 g/mol. The molecule has 1 aliphatic rings. The third-order valence-electron chi connectivity index (χ3n) is 4.68. The average molecular weight is 452 g/mol. The van der Waals surface area contributed by atoms with Crippen LogP contribution in [0.4, 0.5) is 26.3 Å². The minimum absolute atomic E-state index is 0.0368. The Morgan fingerprint density at radius 3 is 2.13 bits per heavy atom. The number of carbonyl (C=O) groups is 1. The highest BCUT2D eigenvalue weighted by Gasteiger charge is 2.41. The van der Waals surface area contributed by atoms with Gasteiger partial charge in [-0.3, -0.25) is 9.78 Å². The quantitative estimate of drug-likeness (QED) is 0.715. The number of pyridine rings is 1. The lowest BCUT2D eigenvalue weighted by atomic mass is 9.92. The van der Waals surface area contributed by atoms with Gasteiger partial charge in [0.1, 0.15) is 5.69 Å². The van der Waals surface area contributed by atoms with E-state index < -0.39 is 55.4 Å². The van der Waals surface area contributed by atoms with Crippen molar-refractivity contribution in [2.75, 3.05) is 0 Å². The van der Waals surface area contributed by atoms with Gasteiger partial charge < -0.3 is 5.32 Å². The van der Waals surface area contributed by atoms with E-state index in [1.807, 2.05) is 0 Å². The number of alkyl halides is 6. The van der Waals surface area contributed by atoms with Crippen molar-refractivity contribution in [2.24, 2.45) is 0 Å². The lowest BCUT2D eigenvalue weighted by Crippen LogP contribution is -2.49. The number of nitrogens with one attached hydrogen (secondary N) is 1. The maximum atomic E-state index is 12.8. The van der Waals surface area contributed by atoms with E-state index in [4.69, 9.17) is 0 Å². The van der Waals surface area contributed by atoms with Gasteiger partial charge in [-0.05, 0) is 43.2 Å². The van der Waals surface area contributed by atoms with Crippen LogP contribution >= 0.6 is 0 Å². The summed E-state index contributed by atoms with van der Waals surface area (Å²) >= 11 is 0. The molecule has 0 bridgehead atoms. The number of sulfone groups is 1. The molecule has 1 saturated carbocycles. The summed E-state index contributed by atoms with van der Waals surface area (Å²) < 4.78 is 101. The van der Waals surface area contributed by atoms with Crippen molar-refractivity contribution in [2.45, 2.75) is 41.4 Å². The summed E-state index contributed by atoms with van der Waals surface area (Å²) in [5, 5.41) is 1.47. The summed E-state index contributed by atoms with van der Waals surface area (Å²) in [5.74, 6) is -0.774. The zero-order valence-electron chi connectivity index (χ0n) is 15.0. The zero-order valence-corrected chi connectivity index (χ0v) is 15.8. The van der Waals surface area contributed by atoms with Crippen molar-refractivity contribution in [3.05, 3.63) is 59.4 Å². The number of rotatable bonds is 4. The van der Waals surface area contributed by atoms with Crippen LogP contribution in [0.1, 0.15) is 34.5 Å². The monoisotopic (exact) mass is 452 g/mol. The molecule has 1 amide bonds. The van der Waals surface area contributed by atoms with Crippen molar-refractivity contribution >= 4 is 15.7 Å². The highest BCUT2D eigenvalue weighted by Crippen LogP contribution is 2.35.